The molecule has 4 heteroatoms. The van der Waals surface area contributed by atoms with Crippen molar-refractivity contribution < 1.29 is 0 Å². The highest BCUT2D eigenvalue weighted by molar-refractivity contribution is 6.31. The van der Waals surface area contributed by atoms with Gasteiger partial charge in [-0.05, 0) is 55.7 Å². The summed E-state index contributed by atoms with van der Waals surface area (Å²) in [6.07, 6.45) is 5.43. The van der Waals surface area contributed by atoms with Gasteiger partial charge in [0.1, 0.15) is 5.82 Å². The molecule has 2 fully saturated rings. The number of hydrogen-bond donors (Lipinski definition) is 0. The minimum Gasteiger partial charge on any atom is -0.323 e. The Labute approximate surface area is 122 Å². The molecule has 19 heavy (non-hydrogen) atoms. The fourth-order valence-corrected chi connectivity index (χ4v) is 3.59. The van der Waals surface area contributed by atoms with E-state index in [0.29, 0.717) is 11.9 Å². The Morgan fingerprint density at radius 3 is 2.47 bits per heavy atom. The second-order valence-electron chi connectivity index (χ2n) is 5.83. The number of nitrogens with zero attached hydrogens (tertiary/aromatic N) is 2. The van der Waals surface area contributed by atoms with E-state index >= 15 is 0 Å². The van der Waals surface area contributed by atoms with Crippen molar-refractivity contribution in [3.63, 3.8) is 0 Å². The Morgan fingerprint density at radius 2 is 1.89 bits per heavy atom. The van der Waals surface area contributed by atoms with Crippen molar-refractivity contribution in [1.29, 1.82) is 0 Å². The minimum absolute atomic E-state index is 0.474. The molecular weight excluding hydrogens is 279 g/mol. The highest BCUT2D eigenvalue weighted by Crippen LogP contribution is 2.53. The minimum atomic E-state index is 0.474. The van der Waals surface area contributed by atoms with Crippen molar-refractivity contribution in [2.24, 2.45) is 11.8 Å². The predicted molar refractivity (Wildman–Crippen MR) is 78.8 cm³/mol. The molecule has 0 atom stereocenters. The summed E-state index contributed by atoms with van der Waals surface area (Å²) in [5, 5.41) is 0.743. The van der Waals surface area contributed by atoms with Crippen molar-refractivity contribution >= 4 is 34.2 Å². The van der Waals surface area contributed by atoms with E-state index in [9.17, 15) is 0 Å². The van der Waals surface area contributed by atoms with E-state index < -0.39 is 0 Å². The van der Waals surface area contributed by atoms with Crippen LogP contribution in [0.2, 0.25) is 5.02 Å². The lowest BCUT2D eigenvalue weighted by Gasteiger charge is -2.21. The van der Waals surface area contributed by atoms with E-state index in [-0.39, 0.29) is 0 Å². The first kappa shape index (κ1) is 12.0. The summed E-state index contributed by atoms with van der Waals surface area (Å²) in [5.74, 6) is 3.15. The van der Waals surface area contributed by atoms with Gasteiger partial charge in [-0.3, -0.25) is 0 Å². The predicted octanol–water partition coefficient (Wildman–Crippen LogP) is 4.79. The molecule has 0 unspecified atom stereocenters. The Morgan fingerprint density at radius 1 is 1.21 bits per heavy atom. The van der Waals surface area contributed by atoms with Crippen molar-refractivity contribution in [3.05, 3.63) is 29.0 Å². The number of imidazole rings is 1. The zero-order valence-corrected chi connectivity index (χ0v) is 12.2. The third-order valence-corrected chi connectivity index (χ3v) is 4.83. The standard InChI is InChI=1S/C15H16Cl2N2/c16-8-14-18-12-7-11(17)5-6-13(12)19(14)15(9-1-2-9)10-3-4-10/h5-7,9-10,15H,1-4,8H2. The highest BCUT2D eigenvalue weighted by Gasteiger charge is 2.43. The van der Waals surface area contributed by atoms with Crippen molar-refractivity contribution in [1.82, 2.24) is 9.55 Å². The van der Waals surface area contributed by atoms with Gasteiger partial charge in [0.2, 0.25) is 0 Å². The highest BCUT2D eigenvalue weighted by atomic mass is 35.5. The van der Waals surface area contributed by atoms with E-state index in [1.807, 2.05) is 12.1 Å². The quantitative estimate of drug-likeness (QED) is 0.741. The number of hydrogen-bond acceptors (Lipinski definition) is 1. The molecule has 0 N–H and O–H groups in total. The van der Waals surface area contributed by atoms with E-state index in [2.05, 4.69) is 15.6 Å². The van der Waals surface area contributed by atoms with Crippen LogP contribution in [0.25, 0.3) is 11.0 Å². The van der Waals surface area contributed by atoms with Gasteiger partial charge in [-0.2, -0.15) is 0 Å². The lowest BCUT2D eigenvalue weighted by Crippen LogP contribution is -2.15. The first-order chi connectivity index (χ1) is 9.28. The van der Waals surface area contributed by atoms with Crippen molar-refractivity contribution in [2.45, 2.75) is 37.6 Å². The maximum absolute atomic E-state index is 6.12. The van der Waals surface area contributed by atoms with Crippen LogP contribution in [-0.4, -0.2) is 9.55 Å². The summed E-state index contributed by atoms with van der Waals surface area (Å²) in [6, 6.07) is 6.61. The molecule has 0 bridgehead atoms. The number of rotatable bonds is 4. The van der Waals surface area contributed by atoms with Crippen LogP contribution in [0.5, 0.6) is 0 Å². The van der Waals surface area contributed by atoms with Crippen LogP contribution < -0.4 is 0 Å². The molecule has 0 amide bonds. The molecule has 0 aliphatic heterocycles. The van der Waals surface area contributed by atoms with Gasteiger partial charge in [-0.1, -0.05) is 11.6 Å². The summed E-state index contributed by atoms with van der Waals surface area (Å²) < 4.78 is 2.41. The van der Waals surface area contributed by atoms with Gasteiger partial charge in [0.15, 0.2) is 0 Å². The van der Waals surface area contributed by atoms with Gasteiger partial charge in [0.25, 0.3) is 0 Å². The molecule has 100 valence electrons. The summed E-state index contributed by atoms with van der Waals surface area (Å²) in [7, 11) is 0. The lowest BCUT2D eigenvalue weighted by molar-refractivity contribution is 0.396. The molecule has 2 aliphatic rings. The first-order valence-corrected chi connectivity index (χ1v) is 7.91. The molecule has 1 aromatic heterocycles. The Hall–Kier alpha value is -0.730. The molecule has 2 saturated carbocycles. The summed E-state index contributed by atoms with van der Waals surface area (Å²) in [5.41, 5.74) is 2.18. The summed E-state index contributed by atoms with van der Waals surface area (Å²) in [4.78, 5) is 4.68. The second-order valence-corrected chi connectivity index (χ2v) is 6.53. The second kappa shape index (κ2) is 4.39. The maximum Gasteiger partial charge on any atom is 0.125 e. The maximum atomic E-state index is 6.12. The van der Waals surface area contributed by atoms with E-state index in [0.717, 1.165) is 28.2 Å². The molecule has 2 aromatic rings. The molecule has 0 radical (unpaired) electrons. The zero-order chi connectivity index (χ0) is 13.0. The van der Waals surface area contributed by atoms with Gasteiger partial charge in [0.05, 0.1) is 16.9 Å². The Bertz CT molecular complexity index is 614. The van der Waals surface area contributed by atoms with Gasteiger partial charge in [0, 0.05) is 11.1 Å². The smallest absolute Gasteiger partial charge is 0.125 e. The molecule has 2 nitrogen and oxygen atoms in total. The SMILES string of the molecule is ClCc1nc2cc(Cl)ccc2n1C(C1CC1)C1CC1. The van der Waals surface area contributed by atoms with E-state index in [1.54, 1.807) is 0 Å². The van der Waals surface area contributed by atoms with Crippen LogP contribution in [0.1, 0.15) is 37.5 Å². The molecule has 2 aliphatic carbocycles. The molecule has 4 rings (SSSR count). The van der Waals surface area contributed by atoms with E-state index in [4.69, 9.17) is 23.2 Å². The number of fused-ring (bicyclic) bond motifs is 1. The third-order valence-electron chi connectivity index (χ3n) is 4.35. The first-order valence-electron chi connectivity index (χ1n) is 7.00. The topological polar surface area (TPSA) is 17.8 Å². The number of alkyl halides is 1. The number of halogens is 2. The van der Waals surface area contributed by atoms with Crippen molar-refractivity contribution in [3.8, 4) is 0 Å². The molecule has 0 saturated heterocycles. The molecule has 1 heterocycles. The number of benzene rings is 1. The normalized spacial score (nSPS) is 19.5. The van der Waals surface area contributed by atoms with Gasteiger partial charge in [-0.15, -0.1) is 11.6 Å². The molecule has 0 spiro atoms. The van der Waals surface area contributed by atoms with Crippen LogP contribution in [0.15, 0.2) is 18.2 Å². The van der Waals surface area contributed by atoms with Crippen molar-refractivity contribution in [2.75, 3.05) is 0 Å². The van der Waals surface area contributed by atoms with Crippen LogP contribution in [0.3, 0.4) is 0 Å². The zero-order valence-electron chi connectivity index (χ0n) is 10.6. The average Bonchev–Trinajstić information content (AvgIpc) is 3.28. The number of aromatic nitrogens is 2. The molecule has 1 aromatic carbocycles. The molecular formula is C15H16Cl2N2. The fraction of sp³-hybridized carbons (Fsp3) is 0.533. The van der Waals surface area contributed by atoms with E-state index in [1.165, 1.54) is 31.2 Å². The van der Waals surface area contributed by atoms with Crippen LogP contribution in [0, 0.1) is 11.8 Å². The lowest BCUT2D eigenvalue weighted by atomic mass is 10.1. The van der Waals surface area contributed by atoms with Gasteiger partial charge >= 0.3 is 0 Å². The van der Waals surface area contributed by atoms with Crippen LogP contribution in [-0.2, 0) is 5.88 Å². The largest absolute Gasteiger partial charge is 0.323 e. The van der Waals surface area contributed by atoms with Crippen LogP contribution >= 0.6 is 23.2 Å². The monoisotopic (exact) mass is 294 g/mol. The third kappa shape index (κ3) is 2.05. The average molecular weight is 295 g/mol. The van der Waals surface area contributed by atoms with Gasteiger partial charge in [-0.25, -0.2) is 4.98 Å². The Balaban J connectivity index is 1.90. The fourth-order valence-electron chi connectivity index (χ4n) is 3.23. The van der Waals surface area contributed by atoms with Gasteiger partial charge < -0.3 is 4.57 Å². The summed E-state index contributed by atoms with van der Waals surface area (Å²) in [6.45, 7) is 0. The summed E-state index contributed by atoms with van der Waals surface area (Å²) >= 11 is 12.2. The Kier molecular flexibility index (Phi) is 2.78. The van der Waals surface area contributed by atoms with Crippen LogP contribution in [0.4, 0.5) is 0 Å².